The molecule has 1 aliphatic rings. The number of hydrogen-bond acceptors (Lipinski definition) is 5. The standard InChI is InChI=1S/C14H12N4O2S/c15-13(21)10-5-6-16-18-14(10)20-9-2-3-11-8(7-9)1-4-12(19)17-11/h2-3,5-7H,1,4H2,(H2,15,21)(H,17,19). The number of ether oxygens (including phenoxy) is 1. The molecule has 0 spiro atoms. The van der Waals surface area contributed by atoms with Crippen molar-refractivity contribution in [2.45, 2.75) is 12.8 Å². The normalized spacial score (nSPS) is 13.2. The summed E-state index contributed by atoms with van der Waals surface area (Å²) < 4.78 is 5.71. The van der Waals surface area contributed by atoms with Crippen LogP contribution in [-0.4, -0.2) is 21.1 Å². The van der Waals surface area contributed by atoms with Crippen LogP contribution in [0.5, 0.6) is 11.6 Å². The first-order valence-corrected chi connectivity index (χ1v) is 6.76. The highest BCUT2D eigenvalue weighted by Crippen LogP contribution is 2.29. The highest BCUT2D eigenvalue weighted by atomic mass is 32.1. The van der Waals surface area contributed by atoms with E-state index in [4.69, 9.17) is 22.7 Å². The Hall–Kier alpha value is -2.54. The van der Waals surface area contributed by atoms with Gasteiger partial charge in [0.15, 0.2) is 0 Å². The highest BCUT2D eigenvalue weighted by molar-refractivity contribution is 7.80. The van der Waals surface area contributed by atoms with Gasteiger partial charge in [0.1, 0.15) is 10.7 Å². The Bertz CT molecular complexity index is 733. The lowest BCUT2D eigenvalue weighted by atomic mass is 10.0. The predicted molar refractivity (Wildman–Crippen MR) is 81.4 cm³/mol. The second-order valence-corrected chi connectivity index (χ2v) is 5.02. The summed E-state index contributed by atoms with van der Waals surface area (Å²) in [6, 6.07) is 7.08. The third-order valence-electron chi connectivity index (χ3n) is 3.14. The summed E-state index contributed by atoms with van der Waals surface area (Å²) in [5, 5.41) is 10.5. The lowest BCUT2D eigenvalue weighted by Gasteiger charge is -2.17. The van der Waals surface area contributed by atoms with Gasteiger partial charge in [-0.15, -0.1) is 5.10 Å². The molecule has 0 saturated heterocycles. The molecule has 106 valence electrons. The fourth-order valence-corrected chi connectivity index (χ4v) is 2.27. The molecule has 1 aromatic heterocycles. The molecule has 2 heterocycles. The van der Waals surface area contributed by atoms with Gasteiger partial charge in [-0.3, -0.25) is 4.79 Å². The number of aryl methyl sites for hydroxylation is 1. The summed E-state index contributed by atoms with van der Waals surface area (Å²) in [4.78, 5) is 11.5. The van der Waals surface area contributed by atoms with E-state index in [-0.39, 0.29) is 16.8 Å². The van der Waals surface area contributed by atoms with Gasteiger partial charge in [-0.25, -0.2) is 0 Å². The SMILES string of the molecule is NC(=S)c1ccnnc1Oc1ccc2c(c1)CCC(=O)N2. The molecule has 3 rings (SSSR count). The zero-order valence-electron chi connectivity index (χ0n) is 11.0. The second kappa shape index (κ2) is 5.45. The molecule has 0 atom stereocenters. The van der Waals surface area contributed by atoms with Gasteiger partial charge in [-0.1, -0.05) is 12.2 Å². The Balaban J connectivity index is 1.89. The number of fused-ring (bicyclic) bond motifs is 1. The van der Waals surface area contributed by atoms with Gasteiger partial charge in [0, 0.05) is 12.1 Å². The van der Waals surface area contributed by atoms with Gasteiger partial charge >= 0.3 is 0 Å². The van der Waals surface area contributed by atoms with Crippen LogP contribution < -0.4 is 15.8 Å². The number of carbonyl (C=O) groups is 1. The average molecular weight is 300 g/mol. The number of benzene rings is 1. The fraction of sp³-hybridized carbons (Fsp3) is 0.143. The molecular formula is C14H12N4O2S. The molecule has 2 aromatic rings. The summed E-state index contributed by atoms with van der Waals surface area (Å²) in [5.41, 5.74) is 8.00. The number of rotatable bonds is 3. The predicted octanol–water partition coefficient (Wildman–Crippen LogP) is 1.79. The summed E-state index contributed by atoms with van der Waals surface area (Å²) in [5.74, 6) is 0.897. The molecule has 0 radical (unpaired) electrons. The quantitative estimate of drug-likeness (QED) is 0.840. The van der Waals surface area contributed by atoms with E-state index in [2.05, 4.69) is 15.5 Å². The minimum atomic E-state index is 0.0286. The van der Waals surface area contributed by atoms with Gasteiger partial charge < -0.3 is 15.8 Å². The molecule has 0 saturated carbocycles. The number of thiocarbonyl (C=S) groups is 1. The van der Waals surface area contributed by atoms with Crippen molar-refractivity contribution in [2.75, 3.05) is 5.32 Å². The molecular weight excluding hydrogens is 288 g/mol. The maximum atomic E-state index is 11.3. The number of nitrogens with two attached hydrogens (primary N) is 1. The number of nitrogens with one attached hydrogen (secondary N) is 1. The van der Waals surface area contributed by atoms with Crippen molar-refractivity contribution >= 4 is 28.8 Å². The second-order valence-electron chi connectivity index (χ2n) is 4.58. The Morgan fingerprint density at radius 2 is 2.19 bits per heavy atom. The molecule has 0 fully saturated rings. The van der Waals surface area contributed by atoms with Gasteiger partial charge in [-0.05, 0) is 36.2 Å². The van der Waals surface area contributed by atoms with Gasteiger partial charge in [0.2, 0.25) is 11.8 Å². The van der Waals surface area contributed by atoms with E-state index in [1.54, 1.807) is 18.2 Å². The number of hydrogen-bond donors (Lipinski definition) is 2. The Morgan fingerprint density at radius 3 is 3.00 bits per heavy atom. The number of aromatic nitrogens is 2. The molecule has 1 aliphatic heterocycles. The summed E-state index contributed by atoms with van der Waals surface area (Å²) in [6.45, 7) is 0. The summed E-state index contributed by atoms with van der Waals surface area (Å²) in [7, 11) is 0. The van der Waals surface area contributed by atoms with E-state index < -0.39 is 0 Å². The van der Waals surface area contributed by atoms with Crippen molar-refractivity contribution in [2.24, 2.45) is 5.73 Å². The molecule has 21 heavy (non-hydrogen) atoms. The van der Waals surface area contributed by atoms with E-state index in [9.17, 15) is 4.79 Å². The molecule has 1 amide bonds. The smallest absolute Gasteiger partial charge is 0.249 e. The Labute approximate surface area is 126 Å². The molecule has 0 aliphatic carbocycles. The Morgan fingerprint density at radius 1 is 1.33 bits per heavy atom. The van der Waals surface area contributed by atoms with Crippen LogP contribution in [0.3, 0.4) is 0 Å². The van der Waals surface area contributed by atoms with Crippen molar-refractivity contribution in [3.63, 3.8) is 0 Å². The molecule has 1 aromatic carbocycles. The van der Waals surface area contributed by atoms with Crippen LogP contribution in [0, 0.1) is 0 Å². The minimum Gasteiger partial charge on any atom is -0.437 e. The van der Waals surface area contributed by atoms with Gasteiger partial charge in [0.25, 0.3) is 0 Å². The average Bonchev–Trinajstić information content (AvgIpc) is 2.48. The van der Waals surface area contributed by atoms with Crippen molar-refractivity contribution in [3.8, 4) is 11.6 Å². The number of amides is 1. The third-order valence-corrected chi connectivity index (χ3v) is 3.36. The van der Waals surface area contributed by atoms with Crippen molar-refractivity contribution in [1.29, 1.82) is 0 Å². The van der Waals surface area contributed by atoms with E-state index in [1.165, 1.54) is 6.20 Å². The summed E-state index contributed by atoms with van der Waals surface area (Å²) >= 11 is 4.96. The molecule has 7 heteroatoms. The monoisotopic (exact) mass is 300 g/mol. The van der Waals surface area contributed by atoms with E-state index in [0.717, 1.165) is 11.3 Å². The molecule has 3 N–H and O–H groups in total. The van der Waals surface area contributed by atoms with Crippen LogP contribution >= 0.6 is 12.2 Å². The van der Waals surface area contributed by atoms with Gasteiger partial charge in [0.05, 0.1) is 11.8 Å². The Kier molecular flexibility index (Phi) is 3.49. The number of carbonyl (C=O) groups excluding carboxylic acids is 1. The zero-order chi connectivity index (χ0) is 14.8. The first kappa shape index (κ1) is 13.4. The molecule has 0 unspecified atom stereocenters. The van der Waals surface area contributed by atoms with Crippen molar-refractivity contribution in [3.05, 3.63) is 41.6 Å². The van der Waals surface area contributed by atoms with Crippen LogP contribution in [0.25, 0.3) is 0 Å². The van der Waals surface area contributed by atoms with Crippen molar-refractivity contribution in [1.82, 2.24) is 10.2 Å². The highest BCUT2D eigenvalue weighted by Gasteiger charge is 2.16. The third kappa shape index (κ3) is 2.82. The van der Waals surface area contributed by atoms with Crippen LogP contribution in [0.2, 0.25) is 0 Å². The number of nitrogens with zero attached hydrogens (tertiary/aromatic N) is 2. The minimum absolute atomic E-state index is 0.0286. The van der Waals surface area contributed by atoms with E-state index >= 15 is 0 Å². The van der Waals surface area contributed by atoms with Crippen LogP contribution in [-0.2, 0) is 11.2 Å². The maximum absolute atomic E-state index is 11.3. The first-order chi connectivity index (χ1) is 10.1. The van der Waals surface area contributed by atoms with Gasteiger partial charge in [-0.2, -0.15) is 5.10 Å². The molecule has 6 nitrogen and oxygen atoms in total. The maximum Gasteiger partial charge on any atom is 0.249 e. The lowest BCUT2D eigenvalue weighted by Crippen LogP contribution is -2.18. The topological polar surface area (TPSA) is 90.1 Å². The lowest BCUT2D eigenvalue weighted by molar-refractivity contribution is -0.116. The zero-order valence-corrected chi connectivity index (χ0v) is 11.8. The fourth-order valence-electron chi connectivity index (χ4n) is 2.12. The van der Waals surface area contributed by atoms with Crippen LogP contribution in [0.1, 0.15) is 17.5 Å². The van der Waals surface area contributed by atoms with Crippen LogP contribution in [0.15, 0.2) is 30.5 Å². The molecule has 0 bridgehead atoms. The summed E-state index contributed by atoms with van der Waals surface area (Å²) in [6.07, 6.45) is 2.66. The number of anilines is 1. The largest absolute Gasteiger partial charge is 0.437 e. The van der Waals surface area contributed by atoms with Crippen molar-refractivity contribution < 1.29 is 9.53 Å². The van der Waals surface area contributed by atoms with Crippen LogP contribution in [0.4, 0.5) is 5.69 Å². The van der Waals surface area contributed by atoms with E-state index in [1.807, 2.05) is 6.07 Å². The van der Waals surface area contributed by atoms with E-state index in [0.29, 0.717) is 24.2 Å². The first-order valence-electron chi connectivity index (χ1n) is 6.35.